The van der Waals surface area contributed by atoms with Crippen LogP contribution in [0.3, 0.4) is 0 Å². The van der Waals surface area contributed by atoms with Gasteiger partial charge in [0, 0.05) is 30.5 Å². The summed E-state index contributed by atoms with van der Waals surface area (Å²) in [5.41, 5.74) is 7.93. The SMILES string of the molecule is CC(C)c1nsc(NCc2ccc(CN)cc2)n1. The van der Waals surface area contributed by atoms with Gasteiger partial charge in [0.05, 0.1) is 0 Å². The molecule has 0 unspecified atom stereocenters. The normalized spacial score (nSPS) is 10.9. The van der Waals surface area contributed by atoms with Crippen molar-refractivity contribution in [3.63, 3.8) is 0 Å². The van der Waals surface area contributed by atoms with Gasteiger partial charge in [-0.3, -0.25) is 0 Å². The third kappa shape index (κ3) is 3.27. The van der Waals surface area contributed by atoms with Crippen molar-refractivity contribution in [2.75, 3.05) is 5.32 Å². The van der Waals surface area contributed by atoms with Gasteiger partial charge in [-0.05, 0) is 11.1 Å². The van der Waals surface area contributed by atoms with Gasteiger partial charge in [0.1, 0.15) is 5.82 Å². The van der Waals surface area contributed by atoms with E-state index in [2.05, 4.69) is 52.8 Å². The van der Waals surface area contributed by atoms with Crippen molar-refractivity contribution < 1.29 is 0 Å². The highest BCUT2D eigenvalue weighted by molar-refractivity contribution is 7.09. The fourth-order valence-corrected chi connectivity index (χ4v) is 2.21. The molecule has 96 valence electrons. The molecule has 0 saturated heterocycles. The van der Waals surface area contributed by atoms with Gasteiger partial charge in [-0.15, -0.1) is 0 Å². The van der Waals surface area contributed by atoms with E-state index in [0.717, 1.165) is 23.1 Å². The molecule has 0 atom stereocenters. The number of nitrogens with two attached hydrogens (primary N) is 1. The lowest BCUT2D eigenvalue weighted by atomic mass is 10.1. The van der Waals surface area contributed by atoms with Crippen molar-refractivity contribution in [2.24, 2.45) is 5.73 Å². The lowest BCUT2D eigenvalue weighted by molar-refractivity contribution is 0.799. The summed E-state index contributed by atoms with van der Waals surface area (Å²) in [6.45, 7) is 5.54. The molecule has 0 aliphatic carbocycles. The number of rotatable bonds is 5. The van der Waals surface area contributed by atoms with Gasteiger partial charge in [0.25, 0.3) is 0 Å². The summed E-state index contributed by atoms with van der Waals surface area (Å²) in [4.78, 5) is 4.43. The zero-order valence-corrected chi connectivity index (χ0v) is 11.5. The molecule has 1 aromatic heterocycles. The minimum atomic E-state index is 0.376. The number of benzene rings is 1. The smallest absolute Gasteiger partial charge is 0.202 e. The quantitative estimate of drug-likeness (QED) is 0.869. The molecular formula is C13H18N4S. The summed E-state index contributed by atoms with van der Waals surface area (Å²) >= 11 is 1.41. The topological polar surface area (TPSA) is 63.8 Å². The highest BCUT2D eigenvalue weighted by atomic mass is 32.1. The molecule has 0 aliphatic heterocycles. The Morgan fingerprint density at radius 1 is 1.22 bits per heavy atom. The molecule has 18 heavy (non-hydrogen) atoms. The van der Waals surface area contributed by atoms with Gasteiger partial charge in [-0.1, -0.05) is 38.1 Å². The van der Waals surface area contributed by atoms with Crippen LogP contribution in [-0.2, 0) is 13.1 Å². The summed E-state index contributed by atoms with van der Waals surface area (Å²) in [7, 11) is 0. The summed E-state index contributed by atoms with van der Waals surface area (Å²) in [5.74, 6) is 1.28. The first kappa shape index (κ1) is 13.0. The molecule has 2 aromatic rings. The van der Waals surface area contributed by atoms with E-state index >= 15 is 0 Å². The van der Waals surface area contributed by atoms with Crippen molar-refractivity contribution in [2.45, 2.75) is 32.9 Å². The van der Waals surface area contributed by atoms with Crippen LogP contribution in [0.2, 0.25) is 0 Å². The Bertz CT molecular complexity index is 490. The van der Waals surface area contributed by atoms with Gasteiger partial charge in [0.15, 0.2) is 0 Å². The molecule has 3 N–H and O–H groups in total. The summed E-state index contributed by atoms with van der Waals surface area (Å²) < 4.78 is 4.31. The van der Waals surface area contributed by atoms with E-state index in [4.69, 9.17) is 5.73 Å². The second-order valence-corrected chi connectivity index (χ2v) is 5.24. The van der Waals surface area contributed by atoms with E-state index in [1.807, 2.05) is 0 Å². The van der Waals surface area contributed by atoms with E-state index in [0.29, 0.717) is 12.5 Å². The Morgan fingerprint density at radius 3 is 2.44 bits per heavy atom. The number of anilines is 1. The fraction of sp³-hybridized carbons (Fsp3) is 0.385. The zero-order chi connectivity index (χ0) is 13.0. The van der Waals surface area contributed by atoms with Gasteiger partial charge in [-0.2, -0.15) is 4.37 Å². The van der Waals surface area contributed by atoms with Crippen molar-refractivity contribution >= 4 is 16.7 Å². The maximum Gasteiger partial charge on any atom is 0.202 e. The molecule has 0 amide bonds. The van der Waals surface area contributed by atoms with E-state index in [1.54, 1.807) is 0 Å². The maximum atomic E-state index is 5.56. The molecule has 0 saturated carbocycles. The highest BCUT2D eigenvalue weighted by Crippen LogP contribution is 2.18. The molecule has 0 bridgehead atoms. The van der Waals surface area contributed by atoms with Crippen LogP contribution in [0.25, 0.3) is 0 Å². The Balaban J connectivity index is 1.93. The number of hydrogen-bond donors (Lipinski definition) is 2. The van der Waals surface area contributed by atoms with Gasteiger partial charge in [0.2, 0.25) is 5.13 Å². The largest absolute Gasteiger partial charge is 0.356 e. The van der Waals surface area contributed by atoms with Crippen molar-refractivity contribution in [1.82, 2.24) is 9.36 Å². The highest BCUT2D eigenvalue weighted by Gasteiger charge is 2.06. The average Bonchev–Trinajstić information content (AvgIpc) is 2.86. The average molecular weight is 262 g/mol. The second kappa shape index (κ2) is 5.93. The molecule has 1 aromatic carbocycles. The molecule has 2 rings (SSSR count). The Morgan fingerprint density at radius 2 is 1.89 bits per heavy atom. The minimum absolute atomic E-state index is 0.376. The molecule has 0 fully saturated rings. The van der Waals surface area contributed by atoms with Gasteiger partial charge >= 0.3 is 0 Å². The minimum Gasteiger partial charge on any atom is -0.356 e. The fourth-order valence-electron chi connectivity index (χ4n) is 1.51. The molecule has 0 aliphatic rings. The second-order valence-electron chi connectivity index (χ2n) is 4.49. The first-order valence-corrected chi connectivity index (χ1v) is 6.81. The van der Waals surface area contributed by atoms with Crippen molar-refractivity contribution in [1.29, 1.82) is 0 Å². The van der Waals surface area contributed by atoms with Gasteiger partial charge in [-0.25, -0.2) is 4.98 Å². The van der Waals surface area contributed by atoms with Crippen LogP contribution < -0.4 is 11.1 Å². The summed E-state index contributed by atoms with van der Waals surface area (Å²) in [6, 6.07) is 8.27. The molecular weight excluding hydrogens is 244 g/mol. The van der Waals surface area contributed by atoms with Crippen LogP contribution in [0.4, 0.5) is 5.13 Å². The number of hydrogen-bond acceptors (Lipinski definition) is 5. The van der Waals surface area contributed by atoms with E-state index < -0.39 is 0 Å². The summed E-state index contributed by atoms with van der Waals surface area (Å²) in [6.07, 6.45) is 0. The van der Waals surface area contributed by atoms with Crippen LogP contribution in [-0.4, -0.2) is 9.36 Å². The number of aromatic nitrogens is 2. The van der Waals surface area contributed by atoms with Crippen LogP contribution in [0.5, 0.6) is 0 Å². The molecule has 0 spiro atoms. The number of nitrogens with zero attached hydrogens (tertiary/aromatic N) is 2. The van der Waals surface area contributed by atoms with Crippen LogP contribution in [0.15, 0.2) is 24.3 Å². The van der Waals surface area contributed by atoms with E-state index in [9.17, 15) is 0 Å². The van der Waals surface area contributed by atoms with E-state index in [1.165, 1.54) is 17.1 Å². The first-order chi connectivity index (χ1) is 8.69. The van der Waals surface area contributed by atoms with Crippen LogP contribution in [0, 0.1) is 0 Å². The molecule has 1 heterocycles. The van der Waals surface area contributed by atoms with Crippen LogP contribution in [0.1, 0.15) is 36.7 Å². The van der Waals surface area contributed by atoms with Gasteiger partial charge < -0.3 is 11.1 Å². The zero-order valence-electron chi connectivity index (χ0n) is 10.7. The lowest BCUT2D eigenvalue weighted by Crippen LogP contribution is -2.01. The maximum absolute atomic E-state index is 5.56. The molecule has 0 radical (unpaired) electrons. The first-order valence-electron chi connectivity index (χ1n) is 6.04. The van der Waals surface area contributed by atoms with Crippen molar-refractivity contribution in [3.05, 3.63) is 41.2 Å². The third-order valence-corrected chi connectivity index (χ3v) is 3.35. The van der Waals surface area contributed by atoms with Crippen molar-refractivity contribution in [3.8, 4) is 0 Å². The standard InChI is InChI=1S/C13H18N4S/c1-9(2)12-16-13(18-17-12)15-8-11-5-3-10(7-14)4-6-11/h3-6,9H,7-8,14H2,1-2H3,(H,15,16,17). The Hall–Kier alpha value is -1.46. The van der Waals surface area contributed by atoms with Crippen LogP contribution >= 0.6 is 11.5 Å². The number of nitrogens with one attached hydrogen (secondary N) is 1. The molecule has 5 heteroatoms. The predicted molar refractivity (Wildman–Crippen MR) is 75.7 cm³/mol. The predicted octanol–water partition coefficient (Wildman–Crippen LogP) is 2.73. The summed E-state index contributed by atoms with van der Waals surface area (Å²) in [5, 5.41) is 4.16. The Kier molecular flexibility index (Phi) is 4.28. The lowest BCUT2D eigenvalue weighted by Gasteiger charge is -2.03. The third-order valence-electron chi connectivity index (χ3n) is 2.66. The van der Waals surface area contributed by atoms with E-state index in [-0.39, 0.29) is 0 Å². The Labute approximate surface area is 111 Å². The molecule has 4 nitrogen and oxygen atoms in total. The monoisotopic (exact) mass is 262 g/mol.